The summed E-state index contributed by atoms with van der Waals surface area (Å²) in [5, 5.41) is 0.622. The number of carbonyl (C=O) groups is 1. The SMILES string of the molecule is CC1=N/C(=C/c2cccc(Cl)c2)C(=O)O1. The van der Waals surface area contributed by atoms with Gasteiger partial charge in [0.1, 0.15) is 0 Å². The standard InChI is InChI=1S/C11H8ClNO2/c1-7-13-10(11(14)15-7)6-8-3-2-4-9(12)5-8/h2-6H,1H3/b10-6+. The summed E-state index contributed by atoms with van der Waals surface area (Å²) < 4.78 is 4.79. The zero-order valence-electron chi connectivity index (χ0n) is 8.03. The van der Waals surface area contributed by atoms with Gasteiger partial charge < -0.3 is 4.74 Å². The molecule has 0 amide bonds. The van der Waals surface area contributed by atoms with E-state index in [0.29, 0.717) is 16.6 Å². The minimum atomic E-state index is -0.424. The van der Waals surface area contributed by atoms with Crippen LogP contribution in [0.25, 0.3) is 6.08 Å². The first-order chi connectivity index (χ1) is 7.15. The fraction of sp³-hybridized carbons (Fsp3) is 0.0909. The van der Waals surface area contributed by atoms with E-state index < -0.39 is 5.97 Å². The predicted molar refractivity (Wildman–Crippen MR) is 58.6 cm³/mol. The molecule has 0 spiro atoms. The van der Waals surface area contributed by atoms with Crippen molar-refractivity contribution >= 4 is 29.5 Å². The molecule has 1 aliphatic rings. The molecule has 1 aromatic carbocycles. The average Bonchev–Trinajstić information content (AvgIpc) is 2.45. The lowest BCUT2D eigenvalue weighted by Crippen LogP contribution is -1.99. The number of ether oxygens (including phenoxy) is 1. The van der Waals surface area contributed by atoms with Crippen LogP contribution in [0.2, 0.25) is 5.02 Å². The molecule has 1 aromatic rings. The third-order valence-electron chi connectivity index (χ3n) is 1.88. The zero-order chi connectivity index (χ0) is 10.8. The Morgan fingerprint density at radius 1 is 1.47 bits per heavy atom. The second-order valence-corrected chi connectivity index (χ2v) is 3.54. The van der Waals surface area contributed by atoms with Crippen LogP contribution in [0.1, 0.15) is 12.5 Å². The molecule has 0 bridgehead atoms. The summed E-state index contributed by atoms with van der Waals surface area (Å²) >= 11 is 5.81. The van der Waals surface area contributed by atoms with Crippen LogP contribution in [0.4, 0.5) is 0 Å². The average molecular weight is 222 g/mol. The Labute approximate surface area is 92.0 Å². The van der Waals surface area contributed by atoms with Gasteiger partial charge in [0.05, 0.1) is 0 Å². The molecule has 1 heterocycles. The maximum Gasteiger partial charge on any atom is 0.363 e. The van der Waals surface area contributed by atoms with Crippen LogP contribution in [-0.4, -0.2) is 11.9 Å². The molecular weight excluding hydrogens is 214 g/mol. The van der Waals surface area contributed by atoms with E-state index in [1.165, 1.54) is 0 Å². The highest BCUT2D eigenvalue weighted by Gasteiger charge is 2.19. The van der Waals surface area contributed by atoms with Crippen LogP contribution in [0.5, 0.6) is 0 Å². The Kier molecular flexibility index (Phi) is 2.56. The quantitative estimate of drug-likeness (QED) is 0.540. The number of esters is 1. The van der Waals surface area contributed by atoms with Crippen molar-refractivity contribution in [2.45, 2.75) is 6.92 Å². The summed E-state index contributed by atoms with van der Waals surface area (Å²) in [5.41, 5.74) is 1.13. The van der Waals surface area contributed by atoms with Crippen molar-refractivity contribution in [3.63, 3.8) is 0 Å². The number of hydrogen-bond donors (Lipinski definition) is 0. The summed E-state index contributed by atoms with van der Waals surface area (Å²) in [7, 11) is 0. The molecule has 0 saturated carbocycles. The highest BCUT2D eigenvalue weighted by atomic mass is 35.5. The number of nitrogens with zero attached hydrogens (tertiary/aromatic N) is 1. The predicted octanol–water partition coefficient (Wildman–Crippen LogP) is 2.66. The molecule has 4 heteroatoms. The van der Waals surface area contributed by atoms with Crippen molar-refractivity contribution in [3.05, 3.63) is 40.5 Å². The third-order valence-corrected chi connectivity index (χ3v) is 2.11. The van der Waals surface area contributed by atoms with Gasteiger partial charge in [0.2, 0.25) is 0 Å². The van der Waals surface area contributed by atoms with Gasteiger partial charge in [0.25, 0.3) is 0 Å². The van der Waals surface area contributed by atoms with Gasteiger partial charge in [0, 0.05) is 11.9 Å². The third kappa shape index (κ3) is 2.25. The van der Waals surface area contributed by atoms with Crippen LogP contribution >= 0.6 is 11.6 Å². The molecule has 0 N–H and O–H groups in total. The van der Waals surface area contributed by atoms with Gasteiger partial charge in [-0.25, -0.2) is 9.79 Å². The van der Waals surface area contributed by atoms with Crippen molar-refractivity contribution in [2.75, 3.05) is 0 Å². The van der Waals surface area contributed by atoms with Gasteiger partial charge in [-0.05, 0) is 23.8 Å². The van der Waals surface area contributed by atoms with E-state index in [9.17, 15) is 4.79 Å². The number of halogens is 1. The van der Waals surface area contributed by atoms with Gasteiger partial charge in [-0.1, -0.05) is 23.7 Å². The highest BCUT2D eigenvalue weighted by molar-refractivity contribution is 6.30. The Bertz CT molecular complexity index is 477. The largest absolute Gasteiger partial charge is 0.407 e. The molecule has 3 nitrogen and oxygen atoms in total. The van der Waals surface area contributed by atoms with Gasteiger partial charge in [-0.3, -0.25) is 0 Å². The van der Waals surface area contributed by atoms with Gasteiger partial charge in [-0.2, -0.15) is 0 Å². The summed E-state index contributed by atoms with van der Waals surface area (Å²) in [6.07, 6.45) is 1.64. The fourth-order valence-electron chi connectivity index (χ4n) is 1.27. The van der Waals surface area contributed by atoms with Crippen molar-refractivity contribution < 1.29 is 9.53 Å². The van der Waals surface area contributed by atoms with E-state index in [1.54, 1.807) is 25.1 Å². The van der Waals surface area contributed by atoms with Crippen LogP contribution in [0.15, 0.2) is 35.0 Å². The molecule has 0 saturated heterocycles. The molecule has 0 radical (unpaired) electrons. The molecule has 15 heavy (non-hydrogen) atoms. The molecule has 0 atom stereocenters. The highest BCUT2D eigenvalue weighted by Crippen LogP contribution is 2.17. The minimum absolute atomic E-state index is 0.301. The lowest BCUT2D eigenvalue weighted by atomic mass is 10.2. The molecule has 0 aliphatic carbocycles. The fourth-order valence-corrected chi connectivity index (χ4v) is 1.47. The van der Waals surface area contributed by atoms with E-state index in [-0.39, 0.29) is 0 Å². The minimum Gasteiger partial charge on any atom is -0.407 e. The Hall–Kier alpha value is -1.61. The molecule has 76 valence electrons. The van der Waals surface area contributed by atoms with Crippen LogP contribution in [-0.2, 0) is 9.53 Å². The topological polar surface area (TPSA) is 38.7 Å². The lowest BCUT2D eigenvalue weighted by molar-refractivity contribution is -0.130. The van der Waals surface area contributed by atoms with Crippen LogP contribution in [0.3, 0.4) is 0 Å². The van der Waals surface area contributed by atoms with E-state index in [2.05, 4.69) is 4.99 Å². The van der Waals surface area contributed by atoms with Crippen LogP contribution in [0, 0.1) is 0 Å². The summed E-state index contributed by atoms with van der Waals surface area (Å²) in [6.45, 7) is 1.64. The van der Waals surface area contributed by atoms with Crippen molar-refractivity contribution in [1.82, 2.24) is 0 Å². The maximum atomic E-state index is 11.2. The van der Waals surface area contributed by atoms with Crippen LogP contribution < -0.4 is 0 Å². The second kappa shape index (κ2) is 3.87. The molecule has 0 unspecified atom stereocenters. The second-order valence-electron chi connectivity index (χ2n) is 3.10. The Morgan fingerprint density at radius 3 is 2.87 bits per heavy atom. The number of cyclic esters (lactones) is 1. The van der Waals surface area contributed by atoms with Crippen molar-refractivity contribution in [2.24, 2.45) is 4.99 Å². The lowest BCUT2D eigenvalue weighted by Gasteiger charge is -1.94. The maximum absolute atomic E-state index is 11.2. The monoisotopic (exact) mass is 221 g/mol. The van der Waals surface area contributed by atoms with E-state index in [0.717, 1.165) is 5.56 Å². The summed E-state index contributed by atoms with van der Waals surface area (Å²) in [4.78, 5) is 15.2. The summed E-state index contributed by atoms with van der Waals surface area (Å²) in [6, 6.07) is 7.18. The number of aliphatic imine (C=N–C) groups is 1. The number of hydrogen-bond acceptors (Lipinski definition) is 3. The van der Waals surface area contributed by atoms with Crippen molar-refractivity contribution in [1.29, 1.82) is 0 Å². The first kappa shape index (κ1) is 9.93. The number of benzene rings is 1. The zero-order valence-corrected chi connectivity index (χ0v) is 8.78. The smallest absolute Gasteiger partial charge is 0.363 e. The first-order valence-corrected chi connectivity index (χ1v) is 4.78. The Morgan fingerprint density at radius 2 is 2.27 bits per heavy atom. The molecule has 0 fully saturated rings. The van der Waals surface area contributed by atoms with E-state index >= 15 is 0 Å². The molecular formula is C11H8ClNO2. The van der Waals surface area contributed by atoms with E-state index in [4.69, 9.17) is 16.3 Å². The summed E-state index contributed by atoms with van der Waals surface area (Å²) in [5.74, 6) is -0.0549. The Balaban J connectivity index is 2.35. The number of rotatable bonds is 1. The van der Waals surface area contributed by atoms with Crippen molar-refractivity contribution in [3.8, 4) is 0 Å². The molecule has 2 rings (SSSR count). The molecule has 1 aliphatic heterocycles. The van der Waals surface area contributed by atoms with Gasteiger partial charge >= 0.3 is 5.97 Å². The normalized spacial score (nSPS) is 17.9. The molecule has 0 aromatic heterocycles. The number of carbonyl (C=O) groups excluding carboxylic acids is 1. The van der Waals surface area contributed by atoms with Gasteiger partial charge in [0.15, 0.2) is 11.6 Å². The van der Waals surface area contributed by atoms with E-state index in [1.807, 2.05) is 12.1 Å². The van der Waals surface area contributed by atoms with Gasteiger partial charge in [-0.15, -0.1) is 0 Å². The first-order valence-electron chi connectivity index (χ1n) is 4.40.